The Labute approximate surface area is 98.7 Å². The van der Waals surface area contributed by atoms with Crippen molar-refractivity contribution in [1.82, 2.24) is 0 Å². The van der Waals surface area contributed by atoms with E-state index in [1.165, 1.54) is 32.1 Å². The third-order valence-corrected chi connectivity index (χ3v) is 5.01. The zero-order valence-electron chi connectivity index (χ0n) is 10.7. The van der Waals surface area contributed by atoms with Crippen LogP contribution in [0, 0.1) is 10.8 Å². The molecule has 0 aromatic carbocycles. The lowest BCUT2D eigenvalue weighted by molar-refractivity contribution is -0.148. The van der Waals surface area contributed by atoms with Crippen molar-refractivity contribution >= 4 is 5.97 Å². The van der Waals surface area contributed by atoms with Gasteiger partial charge in [-0.3, -0.25) is 4.79 Å². The van der Waals surface area contributed by atoms with E-state index in [2.05, 4.69) is 13.8 Å². The smallest absolute Gasteiger partial charge is 0.312 e. The van der Waals surface area contributed by atoms with E-state index in [4.69, 9.17) is 4.74 Å². The summed E-state index contributed by atoms with van der Waals surface area (Å²) < 4.78 is 5.46. The van der Waals surface area contributed by atoms with Crippen molar-refractivity contribution in [2.45, 2.75) is 65.2 Å². The number of cyclic esters (lactones) is 1. The van der Waals surface area contributed by atoms with Gasteiger partial charge in [0.1, 0.15) is 0 Å². The van der Waals surface area contributed by atoms with Crippen molar-refractivity contribution in [3.8, 4) is 0 Å². The minimum atomic E-state index is -0.139. The molecule has 92 valence electrons. The summed E-state index contributed by atoms with van der Waals surface area (Å²) >= 11 is 0. The number of hydrogen-bond acceptors (Lipinski definition) is 2. The second-order valence-electron chi connectivity index (χ2n) is 5.60. The van der Waals surface area contributed by atoms with Crippen LogP contribution in [0.25, 0.3) is 0 Å². The van der Waals surface area contributed by atoms with Crippen LogP contribution >= 0.6 is 0 Å². The molecular weight excluding hydrogens is 200 g/mol. The second-order valence-corrected chi connectivity index (χ2v) is 5.60. The summed E-state index contributed by atoms with van der Waals surface area (Å²) in [5.74, 6) is 0.102. The number of hydrogen-bond donors (Lipinski definition) is 0. The second kappa shape index (κ2) is 4.38. The molecule has 2 heteroatoms. The van der Waals surface area contributed by atoms with Crippen LogP contribution in [0.1, 0.15) is 65.2 Å². The van der Waals surface area contributed by atoms with E-state index in [1.54, 1.807) is 0 Å². The van der Waals surface area contributed by atoms with Crippen LogP contribution in [0.15, 0.2) is 0 Å². The first-order chi connectivity index (χ1) is 7.71. The van der Waals surface area contributed by atoms with Gasteiger partial charge in [-0.05, 0) is 25.7 Å². The quantitative estimate of drug-likeness (QED) is 0.681. The molecule has 0 aromatic rings. The van der Waals surface area contributed by atoms with E-state index < -0.39 is 0 Å². The Morgan fingerprint density at radius 1 is 1.25 bits per heavy atom. The van der Waals surface area contributed by atoms with E-state index in [9.17, 15) is 4.79 Å². The maximum atomic E-state index is 12.2. The maximum absolute atomic E-state index is 12.2. The van der Waals surface area contributed by atoms with Crippen LogP contribution < -0.4 is 0 Å². The fourth-order valence-corrected chi connectivity index (χ4v) is 3.91. The van der Waals surface area contributed by atoms with E-state index in [0.717, 1.165) is 19.3 Å². The van der Waals surface area contributed by atoms with Crippen molar-refractivity contribution in [3.63, 3.8) is 0 Å². The minimum absolute atomic E-state index is 0.102. The van der Waals surface area contributed by atoms with Crippen molar-refractivity contribution in [1.29, 1.82) is 0 Å². The molecule has 1 saturated carbocycles. The molecule has 2 aliphatic rings. The molecule has 0 bridgehead atoms. The van der Waals surface area contributed by atoms with Crippen molar-refractivity contribution in [2.24, 2.45) is 10.8 Å². The van der Waals surface area contributed by atoms with E-state index >= 15 is 0 Å². The third kappa shape index (κ3) is 1.49. The molecule has 0 radical (unpaired) electrons. The van der Waals surface area contributed by atoms with E-state index in [1.807, 2.05) is 0 Å². The largest absolute Gasteiger partial charge is 0.465 e. The molecule has 0 amide bonds. The average Bonchev–Trinajstić information content (AvgIpc) is 2.87. The van der Waals surface area contributed by atoms with Gasteiger partial charge in [0.2, 0.25) is 0 Å². The molecular formula is C14H24O2. The SMILES string of the molecule is CCCCC1(CC)C(=O)OCC12CCCC2. The molecule has 1 aliphatic heterocycles. The molecule has 1 heterocycles. The summed E-state index contributed by atoms with van der Waals surface area (Å²) in [7, 11) is 0. The Bertz CT molecular complexity index is 266. The summed E-state index contributed by atoms with van der Waals surface area (Å²) in [6.07, 6.45) is 9.31. The number of carbonyl (C=O) groups excluding carboxylic acids is 1. The lowest BCUT2D eigenvalue weighted by Crippen LogP contribution is -2.41. The first kappa shape index (κ1) is 11.9. The van der Waals surface area contributed by atoms with Crippen LogP contribution in [-0.2, 0) is 9.53 Å². The Kier molecular flexibility index (Phi) is 3.27. The van der Waals surface area contributed by atoms with Crippen LogP contribution in [0.2, 0.25) is 0 Å². The zero-order valence-corrected chi connectivity index (χ0v) is 10.7. The maximum Gasteiger partial charge on any atom is 0.312 e. The van der Waals surface area contributed by atoms with Crippen LogP contribution in [0.3, 0.4) is 0 Å². The van der Waals surface area contributed by atoms with Gasteiger partial charge in [-0.2, -0.15) is 0 Å². The molecule has 16 heavy (non-hydrogen) atoms. The summed E-state index contributed by atoms with van der Waals surface area (Å²) in [6, 6.07) is 0. The van der Waals surface area contributed by atoms with Gasteiger partial charge < -0.3 is 4.74 Å². The van der Waals surface area contributed by atoms with Crippen molar-refractivity contribution < 1.29 is 9.53 Å². The highest BCUT2D eigenvalue weighted by Crippen LogP contribution is 2.59. The zero-order chi connectivity index (χ0) is 11.6. The Morgan fingerprint density at radius 2 is 1.94 bits per heavy atom. The molecule has 1 unspecified atom stereocenters. The summed E-state index contributed by atoms with van der Waals surface area (Å²) in [6.45, 7) is 5.07. The Hall–Kier alpha value is -0.530. The summed E-state index contributed by atoms with van der Waals surface area (Å²) in [5, 5.41) is 0. The van der Waals surface area contributed by atoms with Crippen molar-refractivity contribution in [3.05, 3.63) is 0 Å². The number of carbonyl (C=O) groups is 1. The van der Waals surface area contributed by atoms with Crippen LogP contribution in [0.5, 0.6) is 0 Å². The standard InChI is InChI=1S/C14H24O2/c1-3-5-10-14(4-2)12(15)16-11-13(14)8-6-7-9-13/h3-11H2,1-2H3. The molecule has 1 spiro atoms. The molecule has 0 N–H and O–H groups in total. The van der Waals surface area contributed by atoms with E-state index in [0.29, 0.717) is 6.61 Å². The van der Waals surface area contributed by atoms with Gasteiger partial charge in [0.05, 0.1) is 12.0 Å². The highest BCUT2D eigenvalue weighted by molar-refractivity contribution is 5.80. The average molecular weight is 224 g/mol. The lowest BCUT2D eigenvalue weighted by atomic mass is 9.60. The summed E-state index contributed by atoms with van der Waals surface area (Å²) in [5.41, 5.74) is 0.0630. The topological polar surface area (TPSA) is 26.3 Å². The number of ether oxygens (including phenoxy) is 1. The molecule has 2 rings (SSSR count). The highest BCUT2D eigenvalue weighted by atomic mass is 16.5. The van der Waals surface area contributed by atoms with Gasteiger partial charge in [0.25, 0.3) is 0 Å². The number of esters is 1. The fraction of sp³-hybridized carbons (Fsp3) is 0.929. The van der Waals surface area contributed by atoms with Gasteiger partial charge in [-0.25, -0.2) is 0 Å². The van der Waals surface area contributed by atoms with Gasteiger partial charge in [0, 0.05) is 5.41 Å². The predicted octanol–water partition coefficient (Wildman–Crippen LogP) is 3.69. The van der Waals surface area contributed by atoms with Gasteiger partial charge in [0.15, 0.2) is 0 Å². The molecule has 2 nitrogen and oxygen atoms in total. The van der Waals surface area contributed by atoms with Gasteiger partial charge in [-0.1, -0.05) is 39.5 Å². The minimum Gasteiger partial charge on any atom is -0.465 e. The molecule has 1 aliphatic carbocycles. The van der Waals surface area contributed by atoms with Crippen LogP contribution in [0.4, 0.5) is 0 Å². The van der Waals surface area contributed by atoms with Gasteiger partial charge in [-0.15, -0.1) is 0 Å². The van der Waals surface area contributed by atoms with Gasteiger partial charge >= 0.3 is 5.97 Å². The normalized spacial score (nSPS) is 32.2. The molecule has 2 fully saturated rings. The monoisotopic (exact) mass is 224 g/mol. The van der Waals surface area contributed by atoms with Crippen molar-refractivity contribution in [2.75, 3.05) is 6.61 Å². The first-order valence-electron chi connectivity index (χ1n) is 6.88. The highest BCUT2D eigenvalue weighted by Gasteiger charge is 2.61. The molecule has 1 saturated heterocycles. The molecule has 1 atom stereocenters. The number of unbranched alkanes of at least 4 members (excludes halogenated alkanes) is 1. The van der Waals surface area contributed by atoms with Crippen LogP contribution in [-0.4, -0.2) is 12.6 Å². The lowest BCUT2D eigenvalue weighted by Gasteiger charge is -2.38. The number of rotatable bonds is 4. The Morgan fingerprint density at radius 3 is 2.50 bits per heavy atom. The fourth-order valence-electron chi connectivity index (χ4n) is 3.91. The molecule has 0 aromatic heterocycles. The Balaban J connectivity index is 2.26. The third-order valence-electron chi connectivity index (χ3n) is 5.01. The predicted molar refractivity (Wildman–Crippen MR) is 64.1 cm³/mol. The first-order valence-corrected chi connectivity index (χ1v) is 6.88. The summed E-state index contributed by atoms with van der Waals surface area (Å²) in [4.78, 5) is 12.2. The van der Waals surface area contributed by atoms with E-state index in [-0.39, 0.29) is 16.8 Å².